The second-order valence-corrected chi connectivity index (χ2v) is 5.99. The van der Waals surface area contributed by atoms with Crippen LogP contribution in [0.4, 0.5) is 10.1 Å². The van der Waals surface area contributed by atoms with E-state index >= 15 is 0 Å². The zero-order valence-electron chi connectivity index (χ0n) is 13.8. The van der Waals surface area contributed by atoms with E-state index in [2.05, 4.69) is 4.99 Å². The van der Waals surface area contributed by atoms with Gasteiger partial charge in [-0.1, -0.05) is 12.1 Å². The molecule has 1 aromatic rings. The van der Waals surface area contributed by atoms with E-state index in [0.717, 1.165) is 12.2 Å². The molecule has 0 aromatic heterocycles. The molecule has 6 heteroatoms. The molecule has 0 bridgehead atoms. The molecule has 0 radical (unpaired) electrons. The first-order chi connectivity index (χ1) is 11.7. The first kappa shape index (κ1) is 16.9. The molecule has 130 valence electrons. The van der Waals surface area contributed by atoms with Gasteiger partial charge >= 0.3 is 0 Å². The number of aliphatic hydroxyl groups excluding tert-OH is 1. The van der Waals surface area contributed by atoms with E-state index in [1.54, 1.807) is 24.4 Å². The SMILES string of the molecule is CCOCC1CC=C(OC2CN(c3cccc(CO)c3F)C2)C=N1. The van der Waals surface area contributed by atoms with Crippen LogP contribution in [0.1, 0.15) is 18.9 Å². The van der Waals surface area contributed by atoms with Gasteiger partial charge in [-0.05, 0) is 25.5 Å². The smallest absolute Gasteiger partial charge is 0.151 e. The van der Waals surface area contributed by atoms with E-state index < -0.39 is 0 Å². The van der Waals surface area contributed by atoms with Crippen molar-refractivity contribution in [3.8, 4) is 0 Å². The zero-order valence-corrected chi connectivity index (χ0v) is 13.8. The van der Waals surface area contributed by atoms with Gasteiger partial charge < -0.3 is 19.5 Å². The van der Waals surface area contributed by atoms with Gasteiger partial charge in [0.25, 0.3) is 0 Å². The number of hydrogen-bond donors (Lipinski definition) is 1. The van der Waals surface area contributed by atoms with Crippen LogP contribution in [-0.4, -0.2) is 49.8 Å². The number of ether oxygens (including phenoxy) is 2. The number of aliphatic hydroxyl groups is 1. The van der Waals surface area contributed by atoms with Crippen LogP contribution in [-0.2, 0) is 16.1 Å². The third-order valence-corrected chi connectivity index (χ3v) is 4.24. The highest BCUT2D eigenvalue weighted by molar-refractivity contribution is 5.77. The largest absolute Gasteiger partial charge is 0.485 e. The maximum atomic E-state index is 14.2. The second kappa shape index (κ2) is 7.77. The lowest BCUT2D eigenvalue weighted by molar-refractivity contribution is 0.100. The Labute approximate surface area is 141 Å². The summed E-state index contributed by atoms with van der Waals surface area (Å²) in [5.41, 5.74) is 0.837. The molecule has 2 aliphatic rings. The number of nitrogens with zero attached hydrogens (tertiary/aromatic N) is 2. The Morgan fingerprint density at radius 3 is 2.88 bits per heavy atom. The van der Waals surface area contributed by atoms with Gasteiger partial charge in [0.05, 0.1) is 44.2 Å². The summed E-state index contributed by atoms with van der Waals surface area (Å²) in [6.45, 7) is 4.26. The average molecular weight is 334 g/mol. The summed E-state index contributed by atoms with van der Waals surface area (Å²) in [4.78, 5) is 6.34. The quantitative estimate of drug-likeness (QED) is 0.831. The van der Waals surface area contributed by atoms with Crippen LogP contribution in [0.3, 0.4) is 0 Å². The minimum atomic E-state index is -0.351. The first-order valence-electron chi connectivity index (χ1n) is 8.32. The van der Waals surface area contributed by atoms with Crippen molar-refractivity contribution in [3.05, 3.63) is 41.4 Å². The minimum Gasteiger partial charge on any atom is -0.485 e. The van der Waals surface area contributed by atoms with Crippen LogP contribution in [0.5, 0.6) is 0 Å². The van der Waals surface area contributed by atoms with Crippen LogP contribution in [0, 0.1) is 5.82 Å². The Morgan fingerprint density at radius 1 is 1.38 bits per heavy atom. The molecule has 0 spiro atoms. The van der Waals surface area contributed by atoms with E-state index in [1.165, 1.54) is 0 Å². The summed E-state index contributed by atoms with van der Waals surface area (Å²) < 4.78 is 25.4. The molecule has 2 aliphatic heterocycles. The predicted octanol–water partition coefficient (Wildman–Crippen LogP) is 2.29. The van der Waals surface area contributed by atoms with E-state index in [-0.39, 0.29) is 24.6 Å². The van der Waals surface area contributed by atoms with Gasteiger partial charge in [0.1, 0.15) is 11.9 Å². The fraction of sp³-hybridized carbons (Fsp3) is 0.500. The van der Waals surface area contributed by atoms with Gasteiger partial charge in [0.15, 0.2) is 5.82 Å². The number of hydrogen-bond acceptors (Lipinski definition) is 5. The molecule has 2 heterocycles. The van der Waals surface area contributed by atoms with Crippen LogP contribution in [0.25, 0.3) is 0 Å². The van der Waals surface area contributed by atoms with E-state index in [1.807, 2.05) is 17.9 Å². The van der Waals surface area contributed by atoms with Crippen molar-refractivity contribution >= 4 is 11.9 Å². The summed E-state index contributed by atoms with van der Waals surface area (Å²) in [6, 6.07) is 5.25. The lowest BCUT2D eigenvalue weighted by atomic mass is 10.1. The van der Waals surface area contributed by atoms with Crippen molar-refractivity contribution in [2.75, 3.05) is 31.2 Å². The maximum Gasteiger partial charge on any atom is 0.151 e. The molecule has 1 aromatic carbocycles. The molecule has 1 N–H and O–H groups in total. The van der Waals surface area contributed by atoms with Crippen molar-refractivity contribution in [2.45, 2.75) is 32.1 Å². The number of allylic oxidation sites excluding steroid dienone is 1. The molecular formula is C18H23FN2O3. The summed E-state index contributed by atoms with van der Waals surface area (Å²) >= 11 is 0. The third-order valence-electron chi connectivity index (χ3n) is 4.24. The molecule has 1 atom stereocenters. The minimum absolute atomic E-state index is 0.0309. The number of rotatable bonds is 7. The zero-order chi connectivity index (χ0) is 16.9. The van der Waals surface area contributed by atoms with Crippen LogP contribution < -0.4 is 4.90 Å². The molecular weight excluding hydrogens is 311 g/mol. The fourth-order valence-electron chi connectivity index (χ4n) is 2.82. The Hall–Kier alpha value is -1.92. The number of benzene rings is 1. The summed E-state index contributed by atoms with van der Waals surface area (Å²) in [5, 5.41) is 9.14. The van der Waals surface area contributed by atoms with Crippen LogP contribution >= 0.6 is 0 Å². The summed E-state index contributed by atoms with van der Waals surface area (Å²) in [7, 11) is 0. The molecule has 5 nitrogen and oxygen atoms in total. The Kier molecular flexibility index (Phi) is 5.48. The monoisotopic (exact) mass is 334 g/mol. The average Bonchev–Trinajstić information content (AvgIpc) is 2.58. The van der Waals surface area contributed by atoms with Crippen molar-refractivity contribution in [1.82, 2.24) is 0 Å². The van der Waals surface area contributed by atoms with Gasteiger partial charge in [-0.15, -0.1) is 0 Å². The highest BCUT2D eigenvalue weighted by atomic mass is 19.1. The lowest BCUT2D eigenvalue weighted by Crippen LogP contribution is -2.52. The van der Waals surface area contributed by atoms with Crippen molar-refractivity contribution in [3.63, 3.8) is 0 Å². The standard InChI is InChI=1S/C18H23FN2O3/c1-2-23-12-14-6-7-15(8-20-14)24-16-9-21(10-16)17-5-3-4-13(11-22)18(17)19/h3-5,7-8,14,16,22H,2,6,9-12H2,1H3. The molecule has 1 unspecified atom stereocenters. The molecule has 0 saturated carbocycles. The molecule has 1 saturated heterocycles. The lowest BCUT2D eigenvalue weighted by Gasteiger charge is -2.41. The number of anilines is 1. The Balaban J connectivity index is 1.48. The summed E-state index contributed by atoms with van der Waals surface area (Å²) in [6.07, 6.45) is 4.63. The van der Waals surface area contributed by atoms with Crippen molar-refractivity contribution < 1.29 is 19.0 Å². The van der Waals surface area contributed by atoms with E-state index in [9.17, 15) is 4.39 Å². The number of halogens is 1. The fourth-order valence-corrected chi connectivity index (χ4v) is 2.82. The second-order valence-electron chi connectivity index (χ2n) is 5.99. The number of dihydropyridines is 1. The van der Waals surface area contributed by atoms with Gasteiger partial charge in [-0.3, -0.25) is 4.99 Å². The molecule has 1 fully saturated rings. The molecule has 24 heavy (non-hydrogen) atoms. The van der Waals surface area contributed by atoms with Gasteiger partial charge in [0, 0.05) is 12.2 Å². The van der Waals surface area contributed by atoms with Crippen LogP contribution in [0.2, 0.25) is 0 Å². The molecule has 0 aliphatic carbocycles. The van der Waals surface area contributed by atoms with Crippen molar-refractivity contribution in [2.24, 2.45) is 4.99 Å². The van der Waals surface area contributed by atoms with E-state index in [4.69, 9.17) is 14.6 Å². The molecule has 0 amide bonds. The van der Waals surface area contributed by atoms with E-state index in [0.29, 0.717) is 37.6 Å². The highest BCUT2D eigenvalue weighted by Crippen LogP contribution is 2.28. The topological polar surface area (TPSA) is 54.3 Å². The third kappa shape index (κ3) is 3.76. The Morgan fingerprint density at radius 2 is 2.21 bits per heavy atom. The van der Waals surface area contributed by atoms with Gasteiger partial charge in [0.2, 0.25) is 0 Å². The summed E-state index contributed by atoms with van der Waals surface area (Å²) in [5.74, 6) is 0.424. The highest BCUT2D eigenvalue weighted by Gasteiger charge is 2.31. The molecule has 3 rings (SSSR count). The van der Waals surface area contributed by atoms with Crippen LogP contribution in [0.15, 0.2) is 35.0 Å². The normalized spacial score (nSPS) is 20.7. The first-order valence-corrected chi connectivity index (χ1v) is 8.32. The Bertz CT molecular complexity index is 627. The maximum absolute atomic E-state index is 14.2. The number of aliphatic imine (C=N–C) groups is 1. The van der Waals surface area contributed by atoms with Crippen molar-refractivity contribution in [1.29, 1.82) is 0 Å². The predicted molar refractivity (Wildman–Crippen MR) is 90.9 cm³/mol. The van der Waals surface area contributed by atoms with Gasteiger partial charge in [-0.2, -0.15) is 0 Å². The van der Waals surface area contributed by atoms with Gasteiger partial charge in [-0.25, -0.2) is 4.39 Å².